The second-order valence-electron chi connectivity index (χ2n) is 5.08. The van der Waals surface area contributed by atoms with E-state index in [4.69, 9.17) is 17.3 Å². The molecule has 3 nitrogen and oxygen atoms in total. The van der Waals surface area contributed by atoms with E-state index in [2.05, 4.69) is 12.2 Å². The van der Waals surface area contributed by atoms with E-state index in [0.717, 1.165) is 0 Å². The van der Waals surface area contributed by atoms with Crippen LogP contribution in [0.1, 0.15) is 36.5 Å². The zero-order chi connectivity index (χ0) is 13.1. The van der Waals surface area contributed by atoms with Gasteiger partial charge in [0.15, 0.2) is 0 Å². The van der Waals surface area contributed by atoms with E-state index in [1.165, 1.54) is 19.3 Å². The summed E-state index contributed by atoms with van der Waals surface area (Å²) in [5.41, 5.74) is 6.61. The van der Waals surface area contributed by atoms with Gasteiger partial charge in [-0.1, -0.05) is 37.4 Å². The first-order chi connectivity index (χ1) is 8.59. The fraction of sp³-hybridized carbons (Fsp3) is 0.500. The van der Waals surface area contributed by atoms with Gasteiger partial charge in [0.1, 0.15) is 0 Å². The van der Waals surface area contributed by atoms with Gasteiger partial charge in [-0.05, 0) is 30.4 Å². The molecule has 2 rings (SSSR count). The monoisotopic (exact) mass is 266 g/mol. The molecule has 0 spiro atoms. The van der Waals surface area contributed by atoms with Crippen molar-refractivity contribution >= 4 is 23.2 Å². The molecule has 0 heterocycles. The number of carbonyl (C=O) groups excluding carboxylic acids is 1. The van der Waals surface area contributed by atoms with Crippen LogP contribution in [0.4, 0.5) is 5.69 Å². The van der Waals surface area contributed by atoms with Gasteiger partial charge in [0.25, 0.3) is 5.91 Å². The van der Waals surface area contributed by atoms with Crippen LogP contribution in [0.5, 0.6) is 0 Å². The van der Waals surface area contributed by atoms with Gasteiger partial charge >= 0.3 is 0 Å². The van der Waals surface area contributed by atoms with E-state index >= 15 is 0 Å². The third kappa shape index (κ3) is 2.78. The van der Waals surface area contributed by atoms with Gasteiger partial charge in [-0.2, -0.15) is 0 Å². The molecule has 1 amide bonds. The highest BCUT2D eigenvalue weighted by Crippen LogP contribution is 2.30. The number of anilines is 1. The van der Waals surface area contributed by atoms with Gasteiger partial charge in [-0.25, -0.2) is 0 Å². The second kappa shape index (κ2) is 5.61. The minimum absolute atomic E-state index is 0.169. The number of carbonyl (C=O) groups is 1. The van der Waals surface area contributed by atoms with Gasteiger partial charge < -0.3 is 11.1 Å². The van der Waals surface area contributed by atoms with E-state index in [9.17, 15) is 4.79 Å². The number of hydrogen-bond donors (Lipinski definition) is 2. The molecule has 1 aromatic rings. The maximum Gasteiger partial charge on any atom is 0.254 e. The molecule has 1 aromatic carbocycles. The first kappa shape index (κ1) is 13.2. The number of nitrogens with two attached hydrogens (primary N) is 1. The molecular weight excluding hydrogens is 248 g/mol. The van der Waals surface area contributed by atoms with Gasteiger partial charge in [-0.15, -0.1) is 0 Å². The number of hydrogen-bond acceptors (Lipinski definition) is 2. The summed E-state index contributed by atoms with van der Waals surface area (Å²) >= 11 is 6.01. The quantitative estimate of drug-likeness (QED) is 0.826. The van der Waals surface area contributed by atoms with Crippen molar-refractivity contribution in [3.63, 3.8) is 0 Å². The summed E-state index contributed by atoms with van der Waals surface area (Å²) in [6.07, 6.45) is 3.71. The Bertz CT molecular complexity index is 427. The van der Waals surface area contributed by atoms with E-state index in [1.54, 1.807) is 18.2 Å². The molecule has 2 atom stereocenters. The zero-order valence-corrected chi connectivity index (χ0v) is 11.3. The predicted octanol–water partition coefficient (Wildman–Crippen LogP) is 3.09. The average molecular weight is 267 g/mol. The van der Waals surface area contributed by atoms with Crippen molar-refractivity contribution < 1.29 is 4.79 Å². The Labute approximate surface area is 113 Å². The fourth-order valence-corrected chi connectivity index (χ4v) is 2.89. The van der Waals surface area contributed by atoms with Crippen molar-refractivity contribution in [2.75, 3.05) is 12.3 Å². The van der Waals surface area contributed by atoms with E-state index < -0.39 is 0 Å². The summed E-state index contributed by atoms with van der Waals surface area (Å²) in [6, 6.07) is 5.12. The highest BCUT2D eigenvalue weighted by atomic mass is 35.5. The van der Waals surface area contributed by atoms with Crippen LogP contribution in [0.15, 0.2) is 18.2 Å². The molecule has 3 N–H and O–H groups in total. The number of benzene rings is 1. The molecule has 98 valence electrons. The fourth-order valence-electron chi connectivity index (χ4n) is 2.62. The lowest BCUT2D eigenvalue weighted by atomic mass is 9.98. The molecule has 2 unspecified atom stereocenters. The normalized spacial score (nSPS) is 23.0. The van der Waals surface area contributed by atoms with Crippen LogP contribution in [-0.4, -0.2) is 12.5 Å². The first-order valence-corrected chi connectivity index (χ1v) is 6.79. The number of nitrogens with one attached hydrogen (secondary N) is 1. The highest BCUT2D eigenvalue weighted by Gasteiger charge is 2.24. The number of amides is 1. The second-order valence-corrected chi connectivity index (χ2v) is 5.49. The number of halogens is 1. The average Bonchev–Trinajstić information content (AvgIpc) is 2.72. The number of rotatable bonds is 3. The van der Waals surface area contributed by atoms with Gasteiger partial charge in [-0.3, -0.25) is 4.79 Å². The van der Waals surface area contributed by atoms with E-state index in [0.29, 0.717) is 34.7 Å². The minimum atomic E-state index is -0.169. The van der Waals surface area contributed by atoms with Crippen molar-refractivity contribution in [1.82, 2.24) is 5.32 Å². The summed E-state index contributed by atoms with van der Waals surface area (Å²) in [6.45, 7) is 2.96. The SMILES string of the molecule is CC1CCCC1CNC(=O)c1c(N)cccc1Cl. The molecule has 1 aliphatic carbocycles. The standard InChI is InChI=1S/C14H19ClN2O/c1-9-4-2-5-10(9)8-17-14(18)13-11(15)6-3-7-12(13)16/h3,6-7,9-10H,2,4-5,8,16H2,1H3,(H,17,18). The molecule has 1 aliphatic rings. The maximum atomic E-state index is 12.1. The summed E-state index contributed by atoms with van der Waals surface area (Å²) < 4.78 is 0. The van der Waals surface area contributed by atoms with Gasteiger partial charge in [0.2, 0.25) is 0 Å². The molecule has 1 fully saturated rings. The van der Waals surface area contributed by atoms with Crippen molar-refractivity contribution in [2.45, 2.75) is 26.2 Å². The molecule has 0 bridgehead atoms. The lowest BCUT2D eigenvalue weighted by Gasteiger charge is -2.16. The summed E-state index contributed by atoms with van der Waals surface area (Å²) in [7, 11) is 0. The largest absolute Gasteiger partial charge is 0.398 e. The van der Waals surface area contributed by atoms with Crippen molar-refractivity contribution in [3.05, 3.63) is 28.8 Å². The molecular formula is C14H19ClN2O. The van der Waals surface area contributed by atoms with Crippen LogP contribution in [0.3, 0.4) is 0 Å². The van der Waals surface area contributed by atoms with Gasteiger partial charge in [0.05, 0.1) is 10.6 Å². The molecule has 1 saturated carbocycles. The Hall–Kier alpha value is -1.22. The zero-order valence-electron chi connectivity index (χ0n) is 10.6. The molecule has 18 heavy (non-hydrogen) atoms. The summed E-state index contributed by atoms with van der Waals surface area (Å²) in [5, 5.41) is 3.36. The molecule has 0 radical (unpaired) electrons. The van der Waals surface area contributed by atoms with E-state index in [1.807, 2.05) is 0 Å². The Morgan fingerprint density at radius 2 is 2.28 bits per heavy atom. The lowest BCUT2D eigenvalue weighted by molar-refractivity contribution is 0.0945. The third-order valence-electron chi connectivity index (χ3n) is 3.84. The summed E-state index contributed by atoms with van der Waals surface area (Å²) in [4.78, 5) is 12.1. The van der Waals surface area contributed by atoms with Crippen LogP contribution < -0.4 is 11.1 Å². The predicted molar refractivity (Wildman–Crippen MR) is 74.7 cm³/mol. The lowest BCUT2D eigenvalue weighted by Crippen LogP contribution is -2.31. The highest BCUT2D eigenvalue weighted by molar-refractivity contribution is 6.34. The van der Waals surface area contributed by atoms with Crippen molar-refractivity contribution in [1.29, 1.82) is 0 Å². The number of nitrogen functional groups attached to an aromatic ring is 1. The topological polar surface area (TPSA) is 55.1 Å². The maximum absolute atomic E-state index is 12.1. The Balaban J connectivity index is 1.99. The minimum Gasteiger partial charge on any atom is -0.398 e. The molecule has 0 aliphatic heterocycles. The smallest absolute Gasteiger partial charge is 0.254 e. The van der Waals surface area contributed by atoms with Crippen LogP contribution in [0, 0.1) is 11.8 Å². The van der Waals surface area contributed by atoms with E-state index in [-0.39, 0.29) is 5.91 Å². The first-order valence-electron chi connectivity index (χ1n) is 6.41. The third-order valence-corrected chi connectivity index (χ3v) is 4.15. The van der Waals surface area contributed by atoms with Crippen LogP contribution in [0.2, 0.25) is 5.02 Å². The van der Waals surface area contributed by atoms with Gasteiger partial charge in [0, 0.05) is 12.2 Å². The Kier molecular flexibility index (Phi) is 4.12. The molecule has 4 heteroatoms. The summed E-state index contributed by atoms with van der Waals surface area (Å²) in [5.74, 6) is 1.10. The van der Waals surface area contributed by atoms with Crippen LogP contribution >= 0.6 is 11.6 Å². The Morgan fingerprint density at radius 3 is 2.89 bits per heavy atom. The molecule has 0 saturated heterocycles. The van der Waals surface area contributed by atoms with Crippen LogP contribution in [-0.2, 0) is 0 Å². The van der Waals surface area contributed by atoms with Crippen molar-refractivity contribution in [3.8, 4) is 0 Å². The van der Waals surface area contributed by atoms with Crippen LogP contribution in [0.25, 0.3) is 0 Å². The Morgan fingerprint density at radius 1 is 1.50 bits per heavy atom. The van der Waals surface area contributed by atoms with Crippen molar-refractivity contribution in [2.24, 2.45) is 11.8 Å². The molecule has 0 aromatic heterocycles.